The first-order valence-corrected chi connectivity index (χ1v) is 7.15. The zero-order valence-electron chi connectivity index (χ0n) is 12.7. The molecule has 2 aromatic rings. The van der Waals surface area contributed by atoms with Gasteiger partial charge in [0.1, 0.15) is 0 Å². The van der Waals surface area contributed by atoms with Gasteiger partial charge in [-0.3, -0.25) is 4.90 Å². The van der Waals surface area contributed by atoms with Crippen molar-refractivity contribution in [1.29, 1.82) is 5.26 Å². The van der Waals surface area contributed by atoms with Crippen LogP contribution in [0.4, 0.5) is 0 Å². The van der Waals surface area contributed by atoms with Crippen LogP contribution in [0.25, 0.3) is 0 Å². The van der Waals surface area contributed by atoms with Crippen LogP contribution in [0.1, 0.15) is 49.2 Å². The molecule has 0 aliphatic rings. The molecular weight excluding hydrogens is 264 g/mol. The Balaban J connectivity index is 2.04. The lowest BCUT2D eigenvalue weighted by Crippen LogP contribution is -2.22. The Kier molecular flexibility index (Phi) is 5.07. The molecule has 5 nitrogen and oxygen atoms in total. The molecule has 2 rings (SSSR count). The van der Waals surface area contributed by atoms with E-state index in [1.165, 1.54) is 0 Å². The van der Waals surface area contributed by atoms with Crippen molar-refractivity contribution in [2.24, 2.45) is 0 Å². The maximum Gasteiger partial charge on any atom is 0.243 e. The molecule has 0 radical (unpaired) electrons. The molecule has 0 N–H and O–H groups in total. The Morgan fingerprint density at radius 1 is 1.43 bits per heavy atom. The normalized spacial score (nSPS) is 12.3. The summed E-state index contributed by atoms with van der Waals surface area (Å²) in [6.45, 7) is 4.85. The average molecular weight is 284 g/mol. The first-order valence-electron chi connectivity index (χ1n) is 7.15. The maximum atomic E-state index is 8.94. The first-order chi connectivity index (χ1) is 10.1. The number of benzene rings is 1. The number of nitrogens with zero attached hydrogens (tertiary/aromatic N) is 4. The number of aromatic nitrogens is 2. The molecule has 0 aliphatic carbocycles. The zero-order chi connectivity index (χ0) is 15.2. The topological polar surface area (TPSA) is 66.0 Å². The highest BCUT2D eigenvalue weighted by Gasteiger charge is 2.18. The minimum absolute atomic E-state index is 0.0360. The fourth-order valence-corrected chi connectivity index (χ4v) is 2.11. The first kappa shape index (κ1) is 15.2. The third kappa shape index (κ3) is 3.89. The Morgan fingerprint density at radius 3 is 2.95 bits per heavy atom. The average Bonchev–Trinajstić information content (AvgIpc) is 2.95. The summed E-state index contributed by atoms with van der Waals surface area (Å²) in [6, 6.07) is 9.82. The van der Waals surface area contributed by atoms with E-state index in [9.17, 15) is 0 Å². The van der Waals surface area contributed by atoms with E-state index in [0.29, 0.717) is 11.5 Å². The predicted octanol–water partition coefficient (Wildman–Crippen LogP) is 3.09. The molecule has 1 aromatic carbocycles. The molecule has 0 aliphatic heterocycles. The highest BCUT2D eigenvalue weighted by Crippen LogP contribution is 2.19. The summed E-state index contributed by atoms with van der Waals surface area (Å²) in [7, 11) is 2.01. The maximum absolute atomic E-state index is 8.94. The van der Waals surface area contributed by atoms with Crippen LogP contribution in [0.15, 0.2) is 28.8 Å². The van der Waals surface area contributed by atoms with Crippen LogP contribution in [0.2, 0.25) is 0 Å². The summed E-state index contributed by atoms with van der Waals surface area (Å²) in [5.74, 6) is 1.40. The molecule has 0 saturated heterocycles. The minimum atomic E-state index is 0.0360. The van der Waals surface area contributed by atoms with E-state index in [1.807, 2.05) is 38.2 Å². The quantitative estimate of drug-likeness (QED) is 0.815. The van der Waals surface area contributed by atoms with E-state index in [-0.39, 0.29) is 6.04 Å². The summed E-state index contributed by atoms with van der Waals surface area (Å²) >= 11 is 0. The van der Waals surface area contributed by atoms with Crippen molar-refractivity contribution in [3.8, 4) is 6.07 Å². The Bertz CT molecular complexity index is 629. The van der Waals surface area contributed by atoms with E-state index in [0.717, 1.165) is 30.8 Å². The highest BCUT2D eigenvalue weighted by atomic mass is 16.5. The van der Waals surface area contributed by atoms with Crippen molar-refractivity contribution in [3.05, 3.63) is 47.1 Å². The lowest BCUT2D eigenvalue weighted by molar-refractivity contribution is 0.202. The molecule has 21 heavy (non-hydrogen) atoms. The second-order valence-electron chi connectivity index (χ2n) is 5.20. The predicted molar refractivity (Wildman–Crippen MR) is 79.3 cm³/mol. The Hall–Kier alpha value is -2.19. The van der Waals surface area contributed by atoms with Gasteiger partial charge in [0.15, 0.2) is 5.82 Å². The SMILES string of the molecule is CCCc1noc([C@H](C)N(C)Cc2cccc(C#N)c2)n1. The lowest BCUT2D eigenvalue weighted by atomic mass is 10.1. The zero-order valence-corrected chi connectivity index (χ0v) is 12.7. The molecule has 5 heteroatoms. The summed E-state index contributed by atoms with van der Waals surface area (Å²) in [5, 5.41) is 12.9. The number of aryl methyl sites for hydroxylation is 1. The van der Waals surface area contributed by atoms with Gasteiger partial charge in [0, 0.05) is 13.0 Å². The monoisotopic (exact) mass is 284 g/mol. The molecular formula is C16H20N4O. The molecule has 110 valence electrons. The molecule has 1 heterocycles. The van der Waals surface area contributed by atoms with Gasteiger partial charge in [-0.1, -0.05) is 24.2 Å². The number of rotatable bonds is 6. The van der Waals surface area contributed by atoms with Gasteiger partial charge in [-0.05, 0) is 38.1 Å². The van der Waals surface area contributed by atoms with E-state index in [2.05, 4.69) is 28.0 Å². The van der Waals surface area contributed by atoms with Crippen LogP contribution < -0.4 is 0 Å². The minimum Gasteiger partial charge on any atom is -0.338 e. The Labute approximate surface area is 125 Å². The molecule has 1 atom stereocenters. The van der Waals surface area contributed by atoms with Gasteiger partial charge < -0.3 is 4.52 Å². The van der Waals surface area contributed by atoms with E-state index >= 15 is 0 Å². The van der Waals surface area contributed by atoms with Gasteiger partial charge in [-0.2, -0.15) is 10.2 Å². The van der Waals surface area contributed by atoms with E-state index < -0.39 is 0 Å². The van der Waals surface area contributed by atoms with Gasteiger partial charge in [0.05, 0.1) is 17.7 Å². The van der Waals surface area contributed by atoms with Crippen molar-refractivity contribution in [3.63, 3.8) is 0 Å². The molecule has 0 fully saturated rings. The third-order valence-corrected chi connectivity index (χ3v) is 3.46. The van der Waals surface area contributed by atoms with Crippen LogP contribution >= 0.6 is 0 Å². The van der Waals surface area contributed by atoms with Crippen LogP contribution in [0.3, 0.4) is 0 Å². The van der Waals surface area contributed by atoms with Gasteiger partial charge in [-0.25, -0.2) is 0 Å². The van der Waals surface area contributed by atoms with Crippen molar-refractivity contribution >= 4 is 0 Å². The molecule has 1 aromatic heterocycles. The summed E-state index contributed by atoms with van der Waals surface area (Å²) in [4.78, 5) is 6.55. The van der Waals surface area contributed by atoms with Crippen molar-refractivity contribution in [1.82, 2.24) is 15.0 Å². The fourth-order valence-electron chi connectivity index (χ4n) is 2.11. The smallest absolute Gasteiger partial charge is 0.243 e. The van der Waals surface area contributed by atoms with Crippen LogP contribution in [-0.4, -0.2) is 22.1 Å². The lowest BCUT2D eigenvalue weighted by Gasteiger charge is -2.21. The van der Waals surface area contributed by atoms with Crippen LogP contribution in [0, 0.1) is 11.3 Å². The number of hydrogen-bond donors (Lipinski definition) is 0. The third-order valence-electron chi connectivity index (χ3n) is 3.46. The van der Waals surface area contributed by atoms with Crippen molar-refractivity contribution in [2.45, 2.75) is 39.3 Å². The number of nitriles is 1. The van der Waals surface area contributed by atoms with Crippen molar-refractivity contribution < 1.29 is 4.52 Å². The summed E-state index contributed by atoms with van der Waals surface area (Å²) in [5.41, 5.74) is 1.77. The second-order valence-corrected chi connectivity index (χ2v) is 5.20. The molecule has 0 spiro atoms. The summed E-state index contributed by atoms with van der Waals surface area (Å²) in [6.07, 6.45) is 1.84. The van der Waals surface area contributed by atoms with Crippen LogP contribution in [0.5, 0.6) is 0 Å². The molecule has 0 unspecified atom stereocenters. The molecule has 0 saturated carbocycles. The fraction of sp³-hybridized carbons (Fsp3) is 0.438. The van der Waals surface area contributed by atoms with E-state index in [4.69, 9.17) is 9.78 Å². The van der Waals surface area contributed by atoms with Gasteiger partial charge in [-0.15, -0.1) is 0 Å². The van der Waals surface area contributed by atoms with Crippen LogP contribution in [-0.2, 0) is 13.0 Å². The second kappa shape index (κ2) is 7.00. The van der Waals surface area contributed by atoms with Gasteiger partial charge >= 0.3 is 0 Å². The van der Waals surface area contributed by atoms with Gasteiger partial charge in [0.25, 0.3) is 0 Å². The van der Waals surface area contributed by atoms with E-state index in [1.54, 1.807) is 0 Å². The Morgan fingerprint density at radius 2 is 2.24 bits per heavy atom. The molecule has 0 bridgehead atoms. The highest BCUT2D eigenvalue weighted by molar-refractivity contribution is 5.32. The number of hydrogen-bond acceptors (Lipinski definition) is 5. The largest absolute Gasteiger partial charge is 0.338 e. The molecule has 0 amide bonds. The summed E-state index contributed by atoms with van der Waals surface area (Å²) < 4.78 is 5.33. The standard InChI is InChI=1S/C16H20N4O/c1-4-6-15-18-16(21-19-15)12(2)20(3)11-14-8-5-7-13(9-14)10-17/h5,7-9,12H,4,6,11H2,1-3H3/t12-/m0/s1. The van der Waals surface area contributed by atoms with Crippen molar-refractivity contribution in [2.75, 3.05) is 7.05 Å². The van der Waals surface area contributed by atoms with Gasteiger partial charge in [0.2, 0.25) is 5.89 Å².